The first-order valence-electron chi connectivity index (χ1n) is 43.4. The second kappa shape index (κ2) is 54.8. The molecule has 0 atom stereocenters. The molecule has 0 fully saturated rings. The van der Waals surface area contributed by atoms with Crippen molar-refractivity contribution in [3.05, 3.63) is 423 Å². The molecule has 0 amide bonds. The number of para-hydroxylation sites is 3. The molecule has 10 heterocycles. The summed E-state index contributed by atoms with van der Waals surface area (Å²) in [4.78, 5) is 71.0. The fraction of sp³-hybridized carbons (Fsp3) is 0.107. The SMILES string of the molecule is CN(C)c1cc(Oc2[c-]cccc2)nc(Oc2[c-]c(-c3cc(N(C)C)ccn3)c(F)cc2F)c1.CN(C)c1ccnc(-c2[c-]c(Oc3cccc(C(=O)O)n3)ccc2)c1.COc1ccnc(-c2[c-]c(C(C)(C)c3cccc(Oc4[c-]cccc4)n3)ccc2)c1.C[Si](C)(c1[c-]c(-c2ccccn2)ccc1)c1cccc(Oc2[c-]cccc2)n1.O=C(O)c1cccc(Oc2[c-]c(-c3ccccn3)ccc2)n1.[Pt+2].[Pt+2].[Pt+2].[Pt].[Pt]. The molecule has 0 saturated carbocycles. The van der Waals surface area contributed by atoms with E-state index in [0.29, 0.717) is 51.9 Å². The molecular weight excluding hydrogens is 2740 g/mol. The molecule has 144 heavy (non-hydrogen) atoms. The average molecular weight is 2840 g/mol. The topological polar surface area (TPSA) is 278 Å². The number of hydrogen-bond donors (Lipinski definition) is 2. The molecule has 0 aliphatic rings. The number of carboxylic acid groups (broad SMARTS) is 2. The van der Waals surface area contributed by atoms with Gasteiger partial charge in [-0.1, -0.05) is 117 Å². The van der Waals surface area contributed by atoms with E-state index in [1.54, 1.807) is 111 Å². The molecule has 740 valence electrons. The number of benzene rings is 8. The normalized spacial score (nSPS) is 10.4. The van der Waals surface area contributed by atoms with Gasteiger partial charge in [0.05, 0.1) is 24.4 Å². The monoisotopic (exact) mass is 2830 g/mol. The third-order valence-corrected chi connectivity index (χ3v) is 24.0. The van der Waals surface area contributed by atoms with Crippen molar-refractivity contribution in [3.8, 4) is 132 Å². The predicted octanol–water partition coefficient (Wildman–Crippen LogP) is 22.9. The van der Waals surface area contributed by atoms with E-state index < -0.39 is 31.6 Å². The maximum absolute atomic E-state index is 14.6. The predicted molar refractivity (Wildman–Crippen MR) is 532 cm³/mol. The third kappa shape index (κ3) is 31.9. The zero-order valence-corrected chi connectivity index (χ0v) is 91.4. The van der Waals surface area contributed by atoms with Crippen molar-refractivity contribution in [2.24, 2.45) is 0 Å². The second-order valence-corrected chi connectivity index (χ2v) is 36.4. The summed E-state index contributed by atoms with van der Waals surface area (Å²) in [5.74, 6) is 0.981. The van der Waals surface area contributed by atoms with Crippen LogP contribution in [0.5, 0.6) is 75.5 Å². The van der Waals surface area contributed by atoms with E-state index >= 15 is 0 Å². The number of aromatic nitrogens is 10. The third-order valence-electron chi connectivity index (χ3n) is 20.8. The van der Waals surface area contributed by atoms with Crippen molar-refractivity contribution < 1.29 is 167 Å². The number of halogens is 2. The number of methoxy groups -OCH3 is 1. The van der Waals surface area contributed by atoms with Gasteiger partial charge in [-0.2, -0.15) is 59.6 Å². The quantitative estimate of drug-likeness (QED) is 0.0357. The van der Waals surface area contributed by atoms with Gasteiger partial charge in [0.1, 0.15) is 13.8 Å². The Balaban J connectivity index is 0.000000200. The van der Waals surface area contributed by atoms with Crippen molar-refractivity contribution in [1.82, 2.24) is 49.8 Å². The molecule has 0 radical (unpaired) electrons. The maximum Gasteiger partial charge on any atom is 2.00 e. The Labute approximate surface area is 907 Å². The van der Waals surface area contributed by atoms with Crippen molar-refractivity contribution in [3.63, 3.8) is 0 Å². The van der Waals surface area contributed by atoms with Gasteiger partial charge in [0.25, 0.3) is 0 Å². The van der Waals surface area contributed by atoms with Gasteiger partial charge in [-0.05, 0) is 89.1 Å². The minimum Gasteiger partial charge on any atom is -0.497 e. The van der Waals surface area contributed by atoms with Gasteiger partial charge in [0, 0.05) is 214 Å². The van der Waals surface area contributed by atoms with Crippen LogP contribution in [0.1, 0.15) is 46.1 Å². The summed E-state index contributed by atoms with van der Waals surface area (Å²) in [6.07, 6.45) is 8.54. The van der Waals surface area contributed by atoms with Crippen molar-refractivity contribution in [2.45, 2.75) is 32.4 Å². The summed E-state index contributed by atoms with van der Waals surface area (Å²) in [5, 5.41) is 20.2. The molecule has 8 aromatic carbocycles. The van der Waals surface area contributed by atoms with Gasteiger partial charge >= 0.3 is 75.1 Å². The number of aromatic carboxylic acids is 2. The van der Waals surface area contributed by atoms with Crippen LogP contribution < -0.4 is 58.4 Å². The molecule has 24 nitrogen and oxygen atoms in total. The van der Waals surface area contributed by atoms with Gasteiger partial charge in [-0.3, -0.25) is 8.78 Å². The van der Waals surface area contributed by atoms with Crippen molar-refractivity contribution in [1.29, 1.82) is 0 Å². The number of nitrogens with zero attached hydrogens (tertiary/aromatic N) is 13. The second-order valence-electron chi connectivity index (χ2n) is 32.1. The maximum atomic E-state index is 14.6. The van der Waals surface area contributed by atoms with Crippen LogP contribution in [-0.4, -0.2) is 129 Å². The first-order chi connectivity index (χ1) is 67.2. The van der Waals surface area contributed by atoms with E-state index in [9.17, 15) is 18.4 Å². The number of carbonyl (C=O) groups is 2. The zero-order chi connectivity index (χ0) is 97.8. The first kappa shape index (κ1) is 113. The molecule has 32 heteroatoms. The fourth-order valence-corrected chi connectivity index (χ4v) is 15.5. The summed E-state index contributed by atoms with van der Waals surface area (Å²) in [7, 11) is 10.9. The summed E-state index contributed by atoms with van der Waals surface area (Å²) < 4.78 is 69.1. The van der Waals surface area contributed by atoms with Crippen LogP contribution in [0.15, 0.2) is 340 Å². The summed E-state index contributed by atoms with van der Waals surface area (Å²) >= 11 is 0. The molecule has 0 saturated heterocycles. The van der Waals surface area contributed by atoms with E-state index in [1.807, 2.05) is 245 Å². The molecule has 0 aliphatic heterocycles. The molecule has 0 unspecified atom stereocenters. The molecule has 0 bridgehead atoms. The van der Waals surface area contributed by atoms with Gasteiger partial charge in [-0.25, -0.2) is 29.5 Å². The molecular formula is C112H91F2N13O11Pt5Si-2. The van der Waals surface area contributed by atoms with Crippen molar-refractivity contribution >= 4 is 47.6 Å². The van der Waals surface area contributed by atoms with Crippen LogP contribution in [0.3, 0.4) is 0 Å². The standard InChI is InChI=1S/C26H22F2N4O2.C26H22N2O2.C24H20N2OSi.C19H16N3O3.C17H11N2O3.5Pt/c1-31(2)17-10-11-29-23(12-17)20-15-24(22(28)16-21(20)27)34-26-14-18(32(3)4)13-25(30-26)33-19-8-6-5-7-9-19;1-26(2,24-13-8-14-25(28-24)30-21-11-5-4-6-12-21)20-10-7-9-19(17-20)23-18-22(29-3)15-16-27-23;1-28(2,21-13-8-10-19(18-21)22-14-6-7-17-25-22)24-16-9-15-23(26-24)27-20-11-4-3-5-12-20;1-22(2)14-9-10-20-17(12-14)13-5-3-6-15(11-13)25-18-8-4-7-16(21-18)19(23)24;20-17(21)15-8-4-9-16(19-15)22-13-6-3-5-12(11-13)14-7-1-2-10-18-14;;;;;/h5-8,10-14,16H,1-4H3;4-11,13-16,18H,1-3H3;3-11,13-17H,1-2H3;3-10,12H,1-2H3,(H,23,24);1-10H,(H,20,21);;;;;/q3*-2;2*-1;;;3*+2. The van der Waals surface area contributed by atoms with E-state index in [0.717, 1.165) is 84.8 Å². The van der Waals surface area contributed by atoms with E-state index in [1.165, 1.54) is 17.3 Å². The van der Waals surface area contributed by atoms with Crippen molar-refractivity contribution in [2.75, 3.05) is 64.1 Å². The zero-order valence-electron chi connectivity index (χ0n) is 79.1. The van der Waals surface area contributed by atoms with Crippen LogP contribution >= 0.6 is 0 Å². The molecule has 18 rings (SSSR count). The summed E-state index contributed by atoms with van der Waals surface area (Å²) in [6, 6.07) is 118. The smallest absolute Gasteiger partial charge is 0.497 e. The van der Waals surface area contributed by atoms with Crippen LogP contribution in [-0.2, 0) is 111 Å². The average Bonchev–Trinajstić information content (AvgIpc) is 0.790. The summed E-state index contributed by atoms with van der Waals surface area (Å²) in [6.45, 7) is 8.81. The van der Waals surface area contributed by atoms with E-state index in [4.69, 9.17) is 53.3 Å². The molecule has 0 spiro atoms. The Morgan fingerprint density at radius 2 is 0.764 bits per heavy atom. The minimum atomic E-state index is -2.05. The Morgan fingerprint density at radius 3 is 1.26 bits per heavy atom. The van der Waals surface area contributed by atoms with E-state index in [-0.39, 0.29) is 157 Å². The Morgan fingerprint density at radius 1 is 0.354 bits per heavy atom. The fourth-order valence-electron chi connectivity index (χ4n) is 13.3. The number of rotatable bonds is 27. The van der Waals surface area contributed by atoms with Crippen LogP contribution in [0.25, 0.3) is 56.3 Å². The largest absolute Gasteiger partial charge is 2.00 e. The van der Waals surface area contributed by atoms with Crippen LogP contribution in [0.2, 0.25) is 13.1 Å². The number of pyridine rings is 10. The number of carboxylic acids is 2. The molecule has 0 aliphatic carbocycles. The van der Waals surface area contributed by atoms with E-state index in [2.05, 4.69) is 146 Å². The Bertz CT molecular complexity index is 7220. The summed E-state index contributed by atoms with van der Waals surface area (Å²) in [5.41, 5.74) is 11.0. The Hall–Kier alpha value is -14.3. The van der Waals surface area contributed by atoms with Gasteiger partial charge in [0.15, 0.2) is 11.4 Å². The number of anilines is 3. The van der Waals surface area contributed by atoms with Crippen LogP contribution in [0, 0.1) is 60.2 Å². The van der Waals surface area contributed by atoms with Gasteiger partial charge in [0.2, 0.25) is 35.3 Å². The molecule has 18 aromatic rings. The molecule has 10 aromatic heterocycles. The van der Waals surface area contributed by atoms with Crippen LogP contribution in [0.4, 0.5) is 25.8 Å². The first-order valence-corrected chi connectivity index (χ1v) is 46.4. The number of hydrogen-bond acceptors (Lipinski definition) is 22. The Kier molecular flexibility index (Phi) is 43.1. The minimum absolute atomic E-state index is 0. The van der Waals surface area contributed by atoms with Gasteiger partial charge in [-0.15, -0.1) is 154 Å². The number of ether oxygens (including phenoxy) is 7. The van der Waals surface area contributed by atoms with Gasteiger partial charge < -0.3 is 83.0 Å². The molecule has 2 N–H and O–H groups in total.